The Morgan fingerprint density at radius 2 is 2.09 bits per heavy atom. The van der Waals surface area contributed by atoms with E-state index in [2.05, 4.69) is 39.1 Å². The van der Waals surface area contributed by atoms with Crippen LogP contribution in [0.2, 0.25) is 0 Å². The molecule has 3 aromatic rings. The number of benzene rings is 1. The molecule has 2 aromatic heterocycles. The summed E-state index contributed by atoms with van der Waals surface area (Å²) in [4.78, 5) is 16.7. The summed E-state index contributed by atoms with van der Waals surface area (Å²) in [5, 5.41) is 9.46. The van der Waals surface area contributed by atoms with Crippen molar-refractivity contribution in [1.29, 1.82) is 0 Å². The van der Waals surface area contributed by atoms with Gasteiger partial charge in [0.25, 0.3) is 0 Å². The SMILES string of the molecule is COc1ccc2c(c1)CN(c1nc3c(c(Nc4nc(C5=CCNC=C5)cs4)n1)COC3)C2. The van der Waals surface area contributed by atoms with Gasteiger partial charge in [0.15, 0.2) is 5.13 Å². The van der Waals surface area contributed by atoms with E-state index in [1.807, 2.05) is 18.3 Å². The third-order valence-corrected chi connectivity index (χ3v) is 6.59. The molecule has 9 heteroatoms. The van der Waals surface area contributed by atoms with Gasteiger partial charge in [0, 0.05) is 36.2 Å². The van der Waals surface area contributed by atoms with Crippen LogP contribution in [0.5, 0.6) is 5.75 Å². The highest BCUT2D eigenvalue weighted by molar-refractivity contribution is 7.13. The number of hydrogen-bond donors (Lipinski definition) is 2. The number of hydrogen-bond acceptors (Lipinski definition) is 9. The Hall–Kier alpha value is -3.43. The molecule has 1 aromatic carbocycles. The molecule has 0 spiro atoms. The number of ether oxygens (including phenoxy) is 2. The number of nitrogens with zero attached hydrogens (tertiary/aromatic N) is 4. The Balaban J connectivity index is 1.28. The third kappa shape index (κ3) is 3.49. The zero-order chi connectivity index (χ0) is 21.5. The fourth-order valence-corrected chi connectivity index (χ4v) is 4.85. The first kappa shape index (κ1) is 19.3. The Kier molecular flexibility index (Phi) is 4.77. The summed E-state index contributed by atoms with van der Waals surface area (Å²) in [5.74, 6) is 2.34. The summed E-state index contributed by atoms with van der Waals surface area (Å²) in [6, 6.07) is 6.20. The fraction of sp³-hybridized carbons (Fsp3) is 0.261. The number of dihydropyridines is 1. The number of fused-ring (bicyclic) bond motifs is 2. The van der Waals surface area contributed by atoms with E-state index < -0.39 is 0 Å². The molecule has 0 saturated heterocycles. The molecule has 3 aliphatic heterocycles. The van der Waals surface area contributed by atoms with E-state index >= 15 is 0 Å². The molecular formula is C23H22N6O2S. The summed E-state index contributed by atoms with van der Waals surface area (Å²) < 4.78 is 11.1. The van der Waals surface area contributed by atoms with Crippen LogP contribution in [0, 0.1) is 0 Å². The van der Waals surface area contributed by atoms with Crippen molar-refractivity contribution in [2.45, 2.75) is 26.3 Å². The molecule has 0 radical (unpaired) electrons. The van der Waals surface area contributed by atoms with Crippen LogP contribution >= 0.6 is 11.3 Å². The fourth-order valence-electron chi connectivity index (χ4n) is 4.13. The highest BCUT2D eigenvalue weighted by atomic mass is 32.1. The van der Waals surface area contributed by atoms with E-state index in [9.17, 15) is 0 Å². The van der Waals surface area contributed by atoms with Crippen LogP contribution in [0.3, 0.4) is 0 Å². The van der Waals surface area contributed by atoms with Gasteiger partial charge in [-0.05, 0) is 35.5 Å². The second-order valence-corrected chi connectivity index (χ2v) is 8.70. The lowest BCUT2D eigenvalue weighted by molar-refractivity contribution is 0.133. The van der Waals surface area contributed by atoms with E-state index in [4.69, 9.17) is 24.4 Å². The number of nitrogens with one attached hydrogen (secondary N) is 2. The van der Waals surface area contributed by atoms with Crippen LogP contribution in [0.25, 0.3) is 5.57 Å². The van der Waals surface area contributed by atoms with E-state index in [0.29, 0.717) is 19.2 Å². The molecule has 3 aliphatic rings. The monoisotopic (exact) mass is 446 g/mol. The van der Waals surface area contributed by atoms with Crippen LogP contribution in [-0.4, -0.2) is 28.6 Å². The first-order valence-corrected chi connectivity index (χ1v) is 11.4. The summed E-state index contributed by atoms with van der Waals surface area (Å²) in [7, 11) is 1.69. The van der Waals surface area contributed by atoms with Gasteiger partial charge in [-0.25, -0.2) is 9.97 Å². The van der Waals surface area contributed by atoms with Gasteiger partial charge >= 0.3 is 0 Å². The van der Waals surface area contributed by atoms with E-state index in [0.717, 1.165) is 58.9 Å². The van der Waals surface area contributed by atoms with E-state index in [1.165, 1.54) is 11.1 Å². The largest absolute Gasteiger partial charge is 0.497 e. The highest BCUT2D eigenvalue weighted by Crippen LogP contribution is 2.34. The van der Waals surface area contributed by atoms with Crippen molar-refractivity contribution in [1.82, 2.24) is 20.3 Å². The lowest BCUT2D eigenvalue weighted by Crippen LogP contribution is -2.19. The Morgan fingerprint density at radius 3 is 2.97 bits per heavy atom. The Labute approximate surface area is 189 Å². The summed E-state index contributed by atoms with van der Waals surface area (Å²) in [6.07, 6.45) is 6.12. The van der Waals surface area contributed by atoms with Gasteiger partial charge in [0.05, 0.1) is 31.7 Å². The summed E-state index contributed by atoms with van der Waals surface area (Å²) in [5.41, 5.74) is 6.54. The summed E-state index contributed by atoms with van der Waals surface area (Å²) in [6.45, 7) is 3.35. The van der Waals surface area contributed by atoms with Crippen molar-refractivity contribution in [3.05, 3.63) is 70.0 Å². The molecule has 0 bridgehead atoms. The van der Waals surface area contributed by atoms with Gasteiger partial charge in [-0.2, -0.15) is 4.98 Å². The molecule has 6 rings (SSSR count). The predicted molar refractivity (Wildman–Crippen MR) is 124 cm³/mol. The summed E-state index contributed by atoms with van der Waals surface area (Å²) >= 11 is 1.57. The number of allylic oxidation sites excluding steroid dienone is 2. The molecule has 0 aliphatic carbocycles. The molecule has 162 valence electrons. The van der Waals surface area contributed by atoms with Crippen molar-refractivity contribution < 1.29 is 9.47 Å². The van der Waals surface area contributed by atoms with Crippen LogP contribution < -0.4 is 20.3 Å². The normalized spacial score (nSPS) is 16.4. The van der Waals surface area contributed by atoms with Gasteiger partial charge in [0.2, 0.25) is 5.95 Å². The molecule has 0 fully saturated rings. The number of rotatable bonds is 5. The van der Waals surface area contributed by atoms with E-state index in [1.54, 1.807) is 18.4 Å². The van der Waals surface area contributed by atoms with Crippen molar-refractivity contribution in [2.24, 2.45) is 0 Å². The van der Waals surface area contributed by atoms with Crippen molar-refractivity contribution in [3.63, 3.8) is 0 Å². The van der Waals surface area contributed by atoms with Gasteiger partial charge in [-0.3, -0.25) is 0 Å². The Morgan fingerprint density at radius 1 is 1.16 bits per heavy atom. The van der Waals surface area contributed by atoms with Gasteiger partial charge < -0.3 is 25.0 Å². The second-order valence-electron chi connectivity index (χ2n) is 7.84. The molecule has 0 amide bonds. The average molecular weight is 447 g/mol. The second kappa shape index (κ2) is 7.92. The minimum atomic E-state index is 0.502. The minimum Gasteiger partial charge on any atom is -0.497 e. The molecule has 32 heavy (non-hydrogen) atoms. The molecule has 8 nitrogen and oxygen atoms in total. The van der Waals surface area contributed by atoms with Crippen molar-refractivity contribution in [3.8, 4) is 5.75 Å². The predicted octanol–water partition coefficient (Wildman–Crippen LogP) is 3.74. The first-order valence-electron chi connectivity index (χ1n) is 10.5. The third-order valence-electron chi connectivity index (χ3n) is 5.83. The van der Waals surface area contributed by atoms with Gasteiger partial charge in [-0.15, -0.1) is 11.3 Å². The van der Waals surface area contributed by atoms with Crippen LogP contribution in [0.15, 0.2) is 41.9 Å². The number of aromatic nitrogens is 3. The van der Waals surface area contributed by atoms with Gasteiger partial charge in [0.1, 0.15) is 11.6 Å². The van der Waals surface area contributed by atoms with Crippen LogP contribution in [-0.2, 0) is 31.0 Å². The van der Waals surface area contributed by atoms with Crippen LogP contribution in [0.1, 0.15) is 28.1 Å². The smallest absolute Gasteiger partial charge is 0.228 e. The number of methoxy groups -OCH3 is 1. The average Bonchev–Trinajstić information content (AvgIpc) is 3.58. The minimum absolute atomic E-state index is 0.502. The lowest BCUT2D eigenvalue weighted by Gasteiger charge is -2.18. The molecule has 5 heterocycles. The molecule has 0 unspecified atom stereocenters. The van der Waals surface area contributed by atoms with E-state index in [-0.39, 0.29) is 0 Å². The Bertz CT molecular complexity index is 1250. The lowest BCUT2D eigenvalue weighted by atomic mass is 10.1. The highest BCUT2D eigenvalue weighted by Gasteiger charge is 2.26. The number of anilines is 3. The molecular weight excluding hydrogens is 424 g/mol. The molecule has 2 N–H and O–H groups in total. The number of thiazole rings is 1. The topological polar surface area (TPSA) is 84.4 Å². The molecule has 0 saturated carbocycles. The van der Waals surface area contributed by atoms with Crippen molar-refractivity contribution >= 4 is 33.8 Å². The van der Waals surface area contributed by atoms with Crippen molar-refractivity contribution in [2.75, 3.05) is 23.9 Å². The standard InChI is InChI=1S/C23H22N6O2S/c1-30-17-3-2-15-9-29(10-16(15)8-17)22-25-19-12-31-11-18(19)21(27-22)28-23-26-20(13-32-23)14-4-6-24-7-5-14/h2-6,8,13,24H,7,9-12H2,1H3,(H,25,26,27,28). The maximum Gasteiger partial charge on any atom is 0.228 e. The zero-order valence-corrected chi connectivity index (χ0v) is 18.4. The first-order chi connectivity index (χ1) is 15.8. The van der Waals surface area contributed by atoms with Crippen LogP contribution in [0.4, 0.5) is 16.9 Å². The van der Waals surface area contributed by atoms with Gasteiger partial charge in [-0.1, -0.05) is 12.1 Å². The quantitative estimate of drug-likeness (QED) is 0.613. The maximum absolute atomic E-state index is 5.68. The zero-order valence-electron chi connectivity index (χ0n) is 17.6. The maximum atomic E-state index is 5.68. The molecule has 0 atom stereocenters.